The van der Waals surface area contributed by atoms with E-state index in [-0.39, 0.29) is 24.4 Å². The van der Waals surface area contributed by atoms with E-state index in [1.165, 1.54) is 13.3 Å². The van der Waals surface area contributed by atoms with Crippen molar-refractivity contribution in [3.8, 4) is 6.07 Å². The summed E-state index contributed by atoms with van der Waals surface area (Å²) < 4.78 is 11.2. The van der Waals surface area contributed by atoms with Crippen LogP contribution in [-0.4, -0.2) is 60.8 Å². The van der Waals surface area contributed by atoms with Crippen LogP contribution in [0.2, 0.25) is 0 Å². The molecule has 1 fully saturated rings. The molecule has 1 unspecified atom stereocenters. The molecule has 0 saturated heterocycles. The summed E-state index contributed by atoms with van der Waals surface area (Å²) in [5.74, 6) is 0.935. The van der Waals surface area contributed by atoms with Gasteiger partial charge in [-0.05, 0) is 52.2 Å². The lowest BCUT2D eigenvalue weighted by atomic mass is 9.74. The highest BCUT2D eigenvalue weighted by Gasteiger charge is 2.42. The van der Waals surface area contributed by atoms with Gasteiger partial charge in [0.25, 0.3) is 0 Å². The molecule has 1 atom stereocenters. The number of pyridine rings is 1. The van der Waals surface area contributed by atoms with Gasteiger partial charge in [0, 0.05) is 49.7 Å². The third kappa shape index (κ3) is 6.39. The smallest absolute Gasteiger partial charge is 0.248 e. The molecule has 1 amide bonds. The zero-order valence-corrected chi connectivity index (χ0v) is 20.1. The highest BCUT2D eigenvalue weighted by Crippen LogP contribution is 2.42. The van der Waals surface area contributed by atoms with Crippen LogP contribution in [0.5, 0.6) is 0 Å². The molecule has 33 heavy (non-hydrogen) atoms. The zero-order valence-electron chi connectivity index (χ0n) is 20.1. The molecule has 1 aliphatic carbocycles. The Labute approximate surface area is 196 Å². The van der Waals surface area contributed by atoms with Crippen LogP contribution in [0.1, 0.15) is 45.6 Å². The summed E-state index contributed by atoms with van der Waals surface area (Å²) >= 11 is 0. The Hall–Kier alpha value is -3.25. The normalized spacial score (nSPS) is 16.3. The van der Waals surface area contributed by atoms with E-state index in [1.807, 2.05) is 19.9 Å². The molecule has 1 aromatic heterocycles. The Morgan fingerprint density at radius 2 is 2.09 bits per heavy atom. The van der Waals surface area contributed by atoms with E-state index in [0.29, 0.717) is 18.7 Å². The van der Waals surface area contributed by atoms with Crippen LogP contribution < -0.4 is 16.4 Å². The van der Waals surface area contributed by atoms with E-state index in [9.17, 15) is 4.79 Å². The van der Waals surface area contributed by atoms with Crippen molar-refractivity contribution in [2.75, 3.05) is 38.3 Å². The van der Waals surface area contributed by atoms with E-state index in [2.05, 4.69) is 22.9 Å². The summed E-state index contributed by atoms with van der Waals surface area (Å²) in [4.78, 5) is 21.3. The van der Waals surface area contributed by atoms with Gasteiger partial charge in [0.05, 0.1) is 18.3 Å². The summed E-state index contributed by atoms with van der Waals surface area (Å²) in [6.07, 6.45) is 7.23. The van der Waals surface area contributed by atoms with Gasteiger partial charge in [0.2, 0.25) is 5.91 Å². The number of nitrogens with zero attached hydrogens (tertiary/aromatic N) is 4. The predicted molar refractivity (Wildman–Crippen MR) is 128 cm³/mol. The van der Waals surface area contributed by atoms with Gasteiger partial charge in [-0.3, -0.25) is 4.79 Å². The van der Waals surface area contributed by atoms with Gasteiger partial charge >= 0.3 is 0 Å². The van der Waals surface area contributed by atoms with Crippen molar-refractivity contribution in [2.45, 2.75) is 51.7 Å². The quantitative estimate of drug-likeness (QED) is 0.362. The van der Waals surface area contributed by atoms with E-state index >= 15 is 0 Å². The minimum atomic E-state index is -0.611. The Morgan fingerprint density at radius 1 is 1.36 bits per heavy atom. The maximum absolute atomic E-state index is 13.0. The lowest BCUT2D eigenvalue weighted by Crippen LogP contribution is -2.48. The third-order valence-corrected chi connectivity index (χ3v) is 6.14. The standard InChI is InChI=1S/C24H36N6O3/c1-5-29(16-18(3)30(6-2)22-9-8-19(13-25)15-28-22)23(31)17-33-24(10-7-11-24)20(14-26)12-21(27)32-4/h8-9,12,14-15,18H,5-7,10-11,16-17,26-27H2,1-4H3/b20-14+,21-12+. The second kappa shape index (κ2) is 12.1. The highest BCUT2D eigenvalue weighted by molar-refractivity contribution is 5.77. The first-order valence-electron chi connectivity index (χ1n) is 11.3. The molecule has 9 heteroatoms. The second-order valence-electron chi connectivity index (χ2n) is 8.09. The number of rotatable bonds is 12. The first kappa shape index (κ1) is 26.0. The lowest BCUT2D eigenvalue weighted by molar-refractivity contribution is -0.146. The van der Waals surface area contributed by atoms with Crippen molar-refractivity contribution in [2.24, 2.45) is 11.5 Å². The van der Waals surface area contributed by atoms with Gasteiger partial charge in [-0.2, -0.15) is 5.26 Å². The van der Waals surface area contributed by atoms with Crippen LogP contribution in [0.25, 0.3) is 0 Å². The Kier molecular flexibility index (Phi) is 9.55. The first-order valence-corrected chi connectivity index (χ1v) is 11.3. The second-order valence-corrected chi connectivity index (χ2v) is 8.09. The van der Waals surface area contributed by atoms with Gasteiger partial charge in [-0.25, -0.2) is 4.98 Å². The summed E-state index contributed by atoms with van der Waals surface area (Å²) in [6.45, 7) is 7.82. The number of hydrogen-bond donors (Lipinski definition) is 2. The number of hydrogen-bond acceptors (Lipinski definition) is 8. The van der Waals surface area contributed by atoms with Crippen molar-refractivity contribution in [3.63, 3.8) is 0 Å². The van der Waals surface area contributed by atoms with Crippen molar-refractivity contribution in [1.82, 2.24) is 9.88 Å². The number of methoxy groups -OCH3 is 1. The molecule has 0 aliphatic heterocycles. The minimum absolute atomic E-state index is 0.0286. The van der Waals surface area contributed by atoms with E-state index < -0.39 is 5.60 Å². The van der Waals surface area contributed by atoms with Gasteiger partial charge in [0.1, 0.15) is 18.5 Å². The van der Waals surface area contributed by atoms with Crippen LogP contribution in [0.15, 0.2) is 42.1 Å². The van der Waals surface area contributed by atoms with E-state index in [0.717, 1.165) is 37.2 Å². The molecular formula is C24H36N6O3. The Bertz CT molecular complexity index is 886. The maximum atomic E-state index is 13.0. The monoisotopic (exact) mass is 456 g/mol. The number of amides is 1. The molecule has 0 spiro atoms. The van der Waals surface area contributed by atoms with Crippen LogP contribution in [0.4, 0.5) is 5.82 Å². The third-order valence-electron chi connectivity index (χ3n) is 6.14. The van der Waals surface area contributed by atoms with Crippen LogP contribution >= 0.6 is 0 Å². The summed E-state index contributed by atoms with van der Waals surface area (Å²) in [6, 6.07) is 5.69. The number of carbonyl (C=O) groups is 1. The molecule has 180 valence electrons. The number of anilines is 1. The topological polar surface area (TPSA) is 131 Å². The zero-order chi connectivity index (χ0) is 24.4. The van der Waals surface area contributed by atoms with Gasteiger partial charge in [-0.1, -0.05) is 0 Å². The fraction of sp³-hybridized carbons (Fsp3) is 0.542. The van der Waals surface area contributed by atoms with Crippen LogP contribution in [0, 0.1) is 11.3 Å². The fourth-order valence-corrected chi connectivity index (χ4v) is 4.00. The van der Waals surface area contributed by atoms with E-state index in [4.69, 9.17) is 26.2 Å². The average Bonchev–Trinajstić information content (AvgIpc) is 2.81. The molecule has 0 radical (unpaired) electrons. The average molecular weight is 457 g/mol. The predicted octanol–water partition coefficient (Wildman–Crippen LogP) is 2.24. The van der Waals surface area contributed by atoms with Crippen molar-refractivity contribution < 1.29 is 14.3 Å². The molecule has 2 rings (SSSR count). The minimum Gasteiger partial charge on any atom is -0.483 e. The summed E-state index contributed by atoms with van der Waals surface area (Å²) in [5.41, 5.74) is 12.3. The number of carbonyl (C=O) groups excluding carboxylic acids is 1. The number of nitrogens with two attached hydrogens (primary N) is 2. The molecule has 4 N–H and O–H groups in total. The summed E-state index contributed by atoms with van der Waals surface area (Å²) in [5, 5.41) is 9.00. The highest BCUT2D eigenvalue weighted by atomic mass is 16.5. The van der Waals surface area contributed by atoms with Gasteiger partial charge in [0.15, 0.2) is 5.88 Å². The first-order chi connectivity index (χ1) is 15.8. The molecule has 1 aliphatic rings. The largest absolute Gasteiger partial charge is 0.483 e. The van der Waals surface area contributed by atoms with Crippen molar-refractivity contribution in [1.29, 1.82) is 5.26 Å². The van der Waals surface area contributed by atoms with Gasteiger partial charge < -0.3 is 30.7 Å². The molecule has 1 saturated carbocycles. The fourth-order valence-electron chi connectivity index (χ4n) is 4.00. The molecule has 0 bridgehead atoms. The number of ether oxygens (including phenoxy) is 2. The molecule has 1 aromatic rings. The van der Waals surface area contributed by atoms with Crippen molar-refractivity contribution in [3.05, 3.63) is 47.6 Å². The molecule has 9 nitrogen and oxygen atoms in total. The van der Waals surface area contributed by atoms with Crippen LogP contribution in [0.3, 0.4) is 0 Å². The molecule has 0 aromatic carbocycles. The van der Waals surface area contributed by atoms with Crippen molar-refractivity contribution >= 4 is 11.7 Å². The number of aromatic nitrogens is 1. The Morgan fingerprint density at radius 3 is 2.55 bits per heavy atom. The summed E-state index contributed by atoms with van der Waals surface area (Å²) in [7, 11) is 1.49. The SMILES string of the molecule is CCN(CC(C)N(CC)c1ccc(C#N)cn1)C(=O)COC1(C(/C=C(\N)OC)=C/N)CCC1. The lowest BCUT2D eigenvalue weighted by Gasteiger charge is -2.43. The van der Waals surface area contributed by atoms with Gasteiger partial charge in [-0.15, -0.1) is 0 Å². The Balaban J connectivity index is 2.04. The molecular weight excluding hydrogens is 420 g/mol. The van der Waals surface area contributed by atoms with E-state index in [1.54, 1.807) is 23.2 Å². The number of likely N-dealkylation sites (N-methyl/N-ethyl adjacent to an activating group) is 2. The molecule has 1 heterocycles. The number of nitriles is 1. The maximum Gasteiger partial charge on any atom is 0.248 e. The van der Waals surface area contributed by atoms with Crippen LogP contribution in [-0.2, 0) is 14.3 Å².